The molecule has 2 rings (SSSR count). The minimum atomic E-state index is 0.114. The van der Waals surface area contributed by atoms with E-state index in [2.05, 4.69) is 28.9 Å². The first-order chi connectivity index (χ1) is 9.81. The fourth-order valence-corrected chi connectivity index (χ4v) is 2.67. The highest BCUT2D eigenvalue weighted by molar-refractivity contribution is 5.37. The third-order valence-electron chi connectivity index (χ3n) is 3.66. The van der Waals surface area contributed by atoms with Crippen molar-refractivity contribution in [3.8, 4) is 11.8 Å². The summed E-state index contributed by atoms with van der Waals surface area (Å²) in [7, 11) is 0. The van der Waals surface area contributed by atoms with Crippen molar-refractivity contribution in [2.24, 2.45) is 5.92 Å². The second kappa shape index (κ2) is 8.06. The number of rotatable bonds is 4. The number of aliphatic hydroxyl groups excluding tert-OH is 2. The minimum absolute atomic E-state index is 0.114. The topological polar surface area (TPSA) is 43.7 Å². The average Bonchev–Trinajstić information content (AvgIpc) is 2.48. The fraction of sp³-hybridized carbons (Fsp3) is 0.529. The maximum atomic E-state index is 9.27. The Kier molecular flexibility index (Phi) is 6.07. The van der Waals surface area contributed by atoms with Crippen LogP contribution in [0, 0.1) is 17.8 Å². The van der Waals surface area contributed by atoms with Gasteiger partial charge < -0.3 is 10.2 Å². The van der Waals surface area contributed by atoms with Gasteiger partial charge in [-0.1, -0.05) is 24.0 Å². The van der Waals surface area contributed by atoms with Crippen LogP contribution >= 0.6 is 0 Å². The monoisotopic (exact) mass is 273 g/mol. The molecule has 1 atom stereocenters. The van der Waals surface area contributed by atoms with E-state index >= 15 is 0 Å². The molecular weight excluding hydrogens is 250 g/mol. The van der Waals surface area contributed by atoms with Crippen molar-refractivity contribution < 1.29 is 10.2 Å². The highest BCUT2D eigenvalue weighted by Gasteiger charge is 2.18. The minimum Gasteiger partial charge on any atom is -0.396 e. The van der Waals surface area contributed by atoms with Crippen LogP contribution in [0.5, 0.6) is 0 Å². The second-order valence-electron chi connectivity index (χ2n) is 5.40. The summed E-state index contributed by atoms with van der Waals surface area (Å²) in [5, 5.41) is 18.0. The van der Waals surface area contributed by atoms with Crippen LogP contribution in [0.2, 0.25) is 0 Å². The summed E-state index contributed by atoms with van der Waals surface area (Å²) >= 11 is 0. The molecule has 0 aliphatic carbocycles. The molecule has 1 aliphatic rings. The van der Waals surface area contributed by atoms with Crippen LogP contribution in [0.15, 0.2) is 24.3 Å². The van der Waals surface area contributed by atoms with E-state index in [4.69, 9.17) is 5.11 Å². The molecule has 1 aromatic rings. The van der Waals surface area contributed by atoms with Crippen molar-refractivity contribution in [1.82, 2.24) is 4.90 Å². The van der Waals surface area contributed by atoms with Crippen LogP contribution in [0.1, 0.15) is 30.4 Å². The predicted octanol–water partition coefficient (Wildman–Crippen LogP) is 1.62. The largest absolute Gasteiger partial charge is 0.396 e. The second-order valence-corrected chi connectivity index (χ2v) is 5.40. The number of nitrogens with zero attached hydrogens (tertiary/aromatic N) is 1. The zero-order valence-corrected chi connectivity index (χ0v) is 11.9. The van der Waals surface area contributed by atoms with Crippen LogP contribution in [-0.2, 0) is 6.54 Å². The van der Waals surface area contributed by atoms with Gasteiger partial charge in [0.2, 0.25) is 0 Å². The molecule has 1 heterocycles. The molecular formula is C17H23NO2. The lowest BCUT2D eigenvalue weighted by atomic mass is 9.98. The molecule has 1 aromatic carbocycles. The number of hydrogen-bond donors (Lipinski definition) is 2. The molecule has 20 heavy (non-hydrogen) atoms. The van der Waals surface area contributed by atoms with Gasteiger partial charge in [-0.2, -0.15) is 0 Å². The summed E-state index contributed by atoms with van der Waals surface area (Å²) in [6.07, 6.45) is 2.83. The SMILES string of the molecule is OCCC#Cc1cccc(CN2CCCC(CO)C2)c1. The molecule has 2 N–H and O–H groups in total. The third kappa shape index (κ3) is 4.64. The van der Waals surface area contributed by atoms with Gasteiger partial charge in [0.25, 0.3) is 0 Å². The zero-order valence-electron chi connectivity index (χ0n) is 11.9. The molecule has 0 saturated carbocycles. The quantitative estimate of drug-likeness (QED) is 0.819. The number of aliphatic hydroxyl groups is 2. The van der Waals surface area contributed by atoms with Crippen LogP contribution in [-0.4, -0.2) is 41.4 Å². The molecule has 0 aromatic heterocycles. The average molecular weight is 273 g/mol. The van der Waals surface area contributed by atoms with Gasteiger partial charge in [0.15, 0.2) is 0 Å². The molecule has 1 fully saturated rings. The van der Waals surface area contributed by atoms with E-state index in [1.54, 1.807) is 0 Å². The summed E-state index contributed by atoms with van der Waals surface area (Å²) < 4.78 is 0. The van der Waals surface area contributed by atoms with Gasteiger partial charge >= 0.3 is 0 Å². The summed E-state index contributed by atoms with van der Waals surface area (Å²) in [5.41, 5.74) is 2.27. The van der Waals surface area contributed by atoms with E-state index in [-0.39, 0.29) is 6.61 Å². The van der Waals surface area contributed by atoms with Crippen molar-refractivity contribution >= 4 is 0 Å². The molecule has 1 saturated heterocycles. The number of piperidine rings is 1. The first-order valence-electron chi connectivity index (χ1n) is 7.33. The summed E-state index contributed by atoms with van der Waals surface area (Å²) in [5.74, 6) is 6.45. The first kappa shape index (κ1) is 15.1. The van der Waals surface area contributed by atoms with E-state index < -0.39 is 0 Å². The molecule has 0 spiro atoms. The van der Waals surface area contributed by atoms with Crippen LogP contribution in [0.25, 0.3) is 0 Å². The van der Waals surface area contributed by atoms with Gasteiger partial charge in [0.05, 0.1) is 6.61 Å². The van der Waals surface area contributed by atoms with Crippen molar-refractivity contribution in [2.45, 2.75) is 25.8 Å². The lowest BCUT2D eigenvalue weighted by molar-refractivity contribution is 0.116. The Balaban J connectivity index is 1.96. The van der Waals surface area contributed by atoms with Crippen molar-refractivity contribution in [3.63, 3.8) is 0 Å². The molecule has 3 nitrogen and oxygen atoms in total. The Labute approximate surface area is 121 Å². The van der Waals surface area contributed by atoms with E-state index in [0.29, 0.717) is 18.9 Å². The van der Waals surface area contributed by atoms with Gasteiger partial charge in [0, 0.05) is 31.7 Å². The summed E-state index contributed by atoms with van der Waals surface area (Å²) in [6.45, 7) is 3.42. The molecule has 0 bridgehead atoms. The van der Waals surface area contributed by atoms with Crippen LogP contribution in [0.3, 0.4) is 0 Å². The van der Waals surface area contributed by atoms with Crippen molar-refractivity contribution in [3.05, 3.63) is 35.4 Å². The normalized spacial score (nSPS) is 19.4. The lowest BCUT2D eigenvalue weighted by Gasteiger charge is -2.31. The van der Waals surface area contributed by atoms with Gasteiger partial charge in [-0.15, -0.1) is 0 Å². The Morgan fingerprint density at radius 1 is 1.30 bits per heavy atom. The van der Waals surface area contributed by atoms with Crippen LogP contribution in [0.4, 0.5) is 0 Å². The Morgan fingerprint density at radius 3 is 3.00 bits per heavy atom. The van der Waals surface area contributed by atoms with Gasteiger partial charge in [-0.3, -0.25) is 4.90 Å². The number of benzene rings is 1. The zero-order chi connectivity index (χ0) is 14.2. The molecule has 1 aliphatic heterocycles. The van der Waals surface area contributed by atoms with E-state index in [9.17, 15) is 5.11 Å². The molecule has 1 unspecified atom stereocenters. The van der Waals surface area contributed by atoms with E-state index in [1.165, 1.54) is 12.0 Å². The smallest absolute Gasteiger partial charge is 0.0540 e. The molecule has 108 valence electrons. The number of likely N-dealkylation sites (tertiary alicyclic amines) is 1. The lowest BCUT2D eigenvalue weighted by Crippen LogP contribution is -2.36. The third-order valence-corrected chi connectivity index (χ3v) is 3.66. The van der Waals surface area contributed by atoms with E-state index in [0.717, 1.165) is 31.6 Å². The fourth-order valence-electron chi connectivity index (χ4n) is 2.67. The van der Waals surface area contributed by atoms with Crippen molar-refractivity contribution in [1.29, 1.82) is 0 Å². The van der Waals surface area contributed by atoms with Crippen LogP contribution < -0.4 is 0 Å². The van der Waals surface area contributed by atoms with E-state index in [1.807, 2.05) is 12.1 Å². The molecule has 0 radical (unpaired) electrons. The van der Waals surface area contributed by atoms with Gasteiger partial charge in [-0.05, 0) is 43.0 Å². The highest BCUT2D eigenvalue weighted by atomic mass is 16.3. The summed E-state index contributed by atoms with van der Waals surface area (Å²) in [6, 6.07) is 8.28. The highest BCUT2D eigenvalue weighted by Crippen LogP contribution is 2.18. The molecule has 0 amide bonds. The van der Waals surface area contributed by atoms with Crippen molar-refractivity contribution in [2.75, 3.05) is 26.3 Å². The summed E-state index contributed by atoms with van der Waals surface area (Å²) in [4.78, 5) is 2.41. The maximum Gasteiger partial charge on any atom is 0.0540 e. The van der Waals surface area contributed by atoms with Gasteiger partial charge in [-0.25, -0.2) is 0 Å². The Bertz CT molecular complexity index is 475. The number of hydrogen-bond acceptors (Lipinski definition) is 3. The standard InChI is InChI=1S/C17H23NO2/c19-10-2-1-5-15-6-3-7-16(11-15)12-18-9-4-8-17(13-18)14-20/h3,6-7,11,17,19-20H,2,4,8-10,12-14H2. The maximum absolute atomic E-state index is 9.27. The molecule has 3 heteroatoms. The first-order valence-corrected chi connectivity index (χ1v) is 7.33. The van der Waals surface area contributed by atoms with Gasteiger partial charge in [0.1, 0.15) is 0 Å². The predicted molar refractivity (Wildman–Crippen MR) is 80.1 cm³/mol. The Hall–Kier alpha value is -1.34. The Morgan fingerprint density at radius 2 is 2.20 bits per heavy atom.